The minimum Gasteiger partial charge on any atom is -0.332 e. The first-order valence-corrected chi connectivity index (χ1v) is 13.3. The van der Waals surface area contributed by atoms with E-state index in [1.807, 2.05) is 0 Å². The van der Waals surface area contributed by atoms with Crippen LogP contribution in [0.25, 0.3) is 0 Å². The van der Waals surface area contributed by atoms with Crippen LogP contribution >= 0.6 is 58.8 Å². The topological polar surface area (TPSA) is 95.6 Å². The lowest BCUT2D eigenvalue weighted by atomic mass is 10.1. The molecule has 33 heavy (non-hydrogen) atoms. The smallest absolute Gasteiger partial charge is 0.266 e. The number of thioether (sulfide) groups is 1. The molecule has 2 aliphatic rings. The average molecular weight is 563 g/mol. The van der Waals surface area contributed by atoms with E-state index in [0.29, 0.717) is 22.0 Å². The van der Waals surface area contributed by atoms with E-state index in [2.05, 4.69) is 10.0 Å². The Hall–Kier alpha value is -1.82. The number of halogens is 3. The molecule has 0 aliphatic carbocycles. The Balaban J connectivity index is 1.48. The summed E-state index contributed by atoms with van der Waals surface area (Å²) in [5.74, 6) is -0.914. The van der Waals surface area contributed by atoms with Crippen molar-refractivity contribution in [3.8, 4) is 0 Å². The summed E-state index contributed by atoms with van der Waals surface area (Å²) >= 11 is 23.8. The fourth-order valence-corrected chi connectivity index (χ4v) is 7.51. The maximum absolute atomic E-state index is 12.8. The maximum Gasteiger partial charge on any atom is 0.266 e. The van der Waals surface area contributed by atoms with Gasteiger partial charge >= 0.3 is 0 Å². The second-order valence-electron chi connectivity index (χ2n) is 7.17. The molecule has 0 aromatic heterocycles. The molecule has 0 bridgehead atoms. The van der Waals surface area contributed by atoms with Crippen molar-refractivity contribution in [2.75, 3.05) is 10.2 Å². The van der Waals surface area contributed by atoms with Crippen LogP contribution in [0.2, 0.25) is 5.02 Å². The van der Waals surface area contributed by atoms with Crippen molar-refractivity contribution in [3.63, 3.8) is 0 Å². The van der Waals surface area contributed by atoms with Crippen molar-refractivity contribution in [1.29, 1.82) is 0 Å². The molecular formula is C20H14Cl3N3O4S3. The van der Waals surface area contributed by atoms with Gasteiger partial charge in [0, 0.05) is 22.2 Å². The fraction of sp³-hybridized carbons (Fsp3) is 0.150. The molecule has 2 N–H and O–H groups in total. The number of allylic oxidation sites excluding steroid dienone is 1. The Labute approximate surface area is 214 Å². The normalized spacial score (nSPS) is 18.1. The number of rotatable bonds is 4. The van der Waals surface area contributed by atoms with Crippen molar-refractivity contribution in [1.82, 2.24) is 4.72 Å². The molecule has 0 radical (unpaired) electrons. The highest BCUT2D eigenvalue weighted by Gasteiger charge is 2.37. The Kier molecular flexibility index (Phi) is 6.69. The van der Waals surface area contributed by atoms with Gasteiger partial charge in [0.05, 0.1) is 21.2 Å². The van der Waals surface area contributed by atoms with Gasteiger partial charge in [0.2, 0.25) is 10.0 Å². The number of thiocarbonyl (C=S) groups is 1. The quantitative estimate of drug-likeness (QED) is 0.392. The average Bonchev–Trinajstić information content (AvgIpc) is 3.19. The van der Waals surface area contributed by atoms with Crippen molar-refractivity contribution in [2.24, 2.45) is 0 Å². The number of imide groups is 1. The third-order valence-corrected chi connectivity index (χ3v) is 9.81. The van der Waals surface area contributed by atoms with E-state index in [0.717, 1.165) is 16.7 Å². The summed E-state index contributed by atoms with van der Waals surface area (Å²) in [4.78, 5) is 26.7. The number of carbonyl (C=O) groups excluding carboxylic acids is 2. The zero-order chi connectivity index (χ0) is 24.1. The van der Waals surface area contributed by atoms with E-state index in [-0.39, 0.29) is 32.1 Å². The number of nitrogens with zero attached hydrogens (tertiary/aromatic N) is 1. The number of nitrogens with one attached hydrogen (secondary N) is 2. The highest BCUT2D eigenvalue weighted by Crippen LogP contribution is 2.43. The summed E-state index contributed by atoms with van der Waals surface area (Å²) in [5, 5.41) is 3.31. The second-order valence-corrected chi connectivity index (χ2v) is 12.4. The summed E-state index contributed by atoms with van der Waals surface area (Å²) < 4.78 is 26.7. The van der Waals surface area contributed by atoms with Gasteiger partial charge in [-0.1, -0.05) is 46.6 Å². The summed E-state index contributed by atoms with van der Waals surface area (Å²) in [5.41, 5.74) is 1.98. The SMILES string of the molecule is Cc1cc(NC(=S)NS(=O)(=O)C2CC(Cl)=C(Cl)S2)ccc1N1C(=O)c2ccc(Cl)cc2C1=O. The van der Waals surface area contributed by atoms with E-state index >= 15 is 0 Å². The second kappa shape index (κ2) is 9.09. The van der Waals surface area contributed by atoms with Gasteiger partial charge < -0.3 is 5.32 Å². The number of hydrogen-bond donors (Lipinski definition) is 2. The first kappa shape index (κ1) is 24.3. The Morgan fingerprint density at radius 2 is 1.79 bits per heavy atom. The third-order valence-electron chi connectivity index (χ3n) is 4.92. The fourth-order valence-electron chi connectivity index (χ4n) is 3.39. The lowest BCUT2D eigenvalue weighted by Gasteiger charge is -2.19. The van der Waals surface area contributed by atoms with Crippen molar-refractivity contribution >= 4 is 97.1 Å². The minimum atomic E-state index is -3.83. The Bertz CT molecular complexity index is 1350. The summed E-state index contributed by atoms with van der Waals surface area (Å²) in [6.07, 6.45) is 0.0856. The van der Waals surface area contributed by atoms with E-state index in [9.17, 15) is 18.0 Å². The molecule has 1 atom stereocenters. The van der Waals surface area contributed by atoms with Crippen LogP contribution < -0.4 is 14.9 Å². The zero-order valence-electron chi connectivity index (χ0n) is 16.7. The number of benzene rings is 2. The molecule has 2 aromatic carbocycles. The van der Waals surface area contributed by atoms with Gasteiger partial charge in [-0.25, -0.2) is 13.3 Å². The molecule has 2 heterocycles. The molecule has 2 amide bonds. The number of amides is 2. The lowest BCUT2D eigenvalue weighted by molar-refractivity contribution is 0.0926. The van der Waals surface area contributed by atoms with Gasteiger partial charge in [0.1, 0.15) is 4.58 Å². The van der Waals surface area contributed by atoms with Crippen molar-refractivity contribution < 1.29 is 18.0 Å². The van der Waals surface area contributed by atoms with Crippen LogP contribution in [0.1, 0.15) is 32.7 Å². The van der Waals surface area contributed by atoms with Crippen LogP contribution in [0, 0.1) is 6.92 Å². The summed E-state index contributed by atoms with van der Waals surface area (Å²) in [6, 6.07) is 9.34. The van der Waals surface area contributed by atoms with Crippen molar-refractivity contribution in [3.05, 3.63) is 67.5 Å². The predicted octanol–water partition coefficient (Wildman–Crippen LogP) is 5.17. The van der Waals surface area contributed by atoms with E-state index in [1.165, 1.54) is 12.1 Å². The van der Waals surface area contributed by atoms with Crippen LogP contribution in [0.5, 0.6) is 0 Å². The maximum atomic E-state index is 12.8. The largest absolute Gasteiger partial charge is 0.332 e. The minimum absolute atomic E-state index is 0.0856. The Morgan fingerprint density at radius 3 is 2.42 bits per heavy atom. The lowest BCUT2D eigenvalue weighted by Crippen LogP contribution is -2.38. The van der Waals surface area contributed by atoms with Gasteiger partial charge in [-0.3, -0.25) is 14.3 Å². The summed E-state index contributed by atoms with van der Waals surface area (Å²) in [7, 11) is -3.83. The molecule has 4 rings (SSSR count). The molecule has 0 saturated heterocycles. The molecular weight excluding hydrogens is 549 g/mol. The molecule has 0 fully saturated rings. The van der Waals surface area contributed by atoms with Gasteiger partial charge in [-0.05, 0) is 61.1 Å². The molecule has 13 heteroatoms. The number of anilines is 2. The first-order chi connectivity index (χ1) is 15.5. The molecule has 7 nitrogen and oxygen atoms in total. The number of aryl methyl sites for hydroxylation is 1. The highest BCUT2D eigenvalue weighted by atomic mass is 35.5. The standard InChI is InChI=1S/C20H14Cl3N3O4S3/c1-9-6-11(24-20(31)25-33(29,30)16-8-14(22)17(23)32-16)3-5-15(9)26-18(27)12-4-2-10(21)7-13(12)19(26)28/h2-7,16H,8H2,1H3,(H2,24,25,31). The molecule has 0 saturated carbocycles. The van der Waals surface area contributed by atoms with E-state index in [1.54, 1.807) is 31.2 Å². The van der Waals surface area contributed by atoms with E-state index in [4.69, 9.17) is 47.0 Å². The van der Waals surface area contributed by atoms with Crippen LogP contribution in [0.3, 0.4) is 0 Å². The van der Waals surface area contributed by atoms with Gasteiger partial charge in [0.15, 0.2) is 5.11 Å². The van der Waals surface area contributed by atoms with Crippen LogP contribution in [-0.2, 0) is 10.0 Å². The van der Waals surface area contributed by atoms with Crippen LogP contribution in [0.15, 0.2) is 45.8 Å². The van der Waals surface area contributed by atoms with Gasteiger partial charge in [0.25, 0.3) is 11.8 Å². The number of fused-ring (bicyclic) bond motifs is 1. The highest BCUT2D eigenvalue weighted by molar-refractivity contribution is 8.16. The van der Waals surface area contributed by atoms with Crippen LogP contribution in [0.4, 0.5) is 11.4 Å². The molecule has 1 unspecified atom stereocenters. The van der Waals surface area contributed by atoms with E-state index < -0.39 is 26.4 Å². The molecule has 172 valence electrons. The number of sulfonamides is 1. The monoisotopic (exact) mass is 561 g/mol. The predicted molar refractivity (Wildman–Crippen MR) is 137 cm³/mol. The van der Waals surface area contributed by atoms with Crippen molar-refractivity contribution in [2.45, 2.75) is 17.9 Å². The summed E-state index contributed by atoms with van der Waals surface area (Å²) in [6.45, 7) is 1.72. The molecule has 2 aliphatic heterocycles. The van der Waals surface area contributed by atoms with Crippen LogP contribution in [-0.4, -0.2) is 29.9 Å². The number of carbonyl (C=O) groups is 2. The number of hydrogen-bond acceptors (Lipinski definition) is 6. The van der Waals surface area contributed by atoms with Gasteiger partial charge in [-0.15, -0.1) is 0 Å². The Morgan fingerprint density at radius 1 is 1.09 bits per heavy atom. The third kappa shape index (κ3) is 4.73. The molecule has 0 spiro atoms. The first-order valence-electron chi connectivity index (χ1n) is 9.30. The molecule has 2 aromatic rings. The van der Waals surface area contributed by atoms with Gasteiger partial charge in [-0.2, -0.15) is 0 Å². The zero-order valence-corrected chi connectivity index (χ0v) is 21.4.